The van der Waals surface area contributed by atoms with E-state index < -0.39 is 5.97 Å². The molecular formula is C13H16N4O3. The lowest BCUT2D eigenvalue weighted by molar-refractivity contribution is -0.137. The fourth-order valence-electron chi connectivity index (χ4n) is 1.73. The summed E-state index contributed by atoms with van der Waals surface area (Å²) in [7, 11) is 0. The highest BCUT2D eigenvalue weighted by Crippen LogP contribution is 2.08. The summed E-state index contributed by atoms with van der Waals surface area (Å²) in [6.07, 6.45) is 1.20. The van der Waals surface area contributed by atoms with Crippen LogP contribution in [0.1, 0.15) is 18.7 Å². The molecule has 0 unspecified atom stereocenters. The van der Waals surface area contributed by atoms with E-state index in [1.54, 1.807) is 4.68 Å². The second kappa shape index (κ2) is 7.22. The maximum atomic E-state index is 10.5. The molecule has 0 saturated heterocycles. The second-order valence-electron chi connectivity index (χ2n) is 4.23. The SMILES string of the molecule is O=C(O)CCCn1nnnc1CCOc1ccccc1. The number of rotatable bonds is 8. The first-order chi connectivity index (χ1) is 9.75. The average Bonchev–Trinajstić information content (AvgIpc) is 2.87. The molecule has 2 rings (SSSR count). The van der Waals surface area contributed by atoms with Crippen molar-refractivity contribution in [1.29, 1.82) is 0 Å². The summed E-state index contributed by atoms with van der Waals surface area (Å²) in [6.45, 7) is 0.975. The zero-order valence-electron chi connectivity index (χ0n) is 11.0. The van der Waals surface area contributed by atoms with Crippen LogP contribution in [0.4, 0.5) is 0 Å². The van der Waals surface area contributed by atoms with E-state index in [9.17, 15) is 4.79 Å². The molecule has 2 aromatic rings. The average molecular weight is 276 g/mol. The molecule has 0 saturated carbocycles. The molecule has 1 aromatic heterocycles. The van der Waals surface area contributed by atoms with Gasteiger partial charge in [-0.1, -0.05) is 18.2 Å². The molecule has 0 aliphatic carbocycles. The Hall–Kier alpha value is -2.44. The molecule has 0 radical (unpaired) electrons. The number of hydrogen-bond donors (Lipinski definition) is 1. The Balaban J connectivity index is 1.78. The third kappa shape index (κ3) is 4.34. The number of para-hydroxylation sites is 1. The van der Waals surface area contributed by atoms with E-state index in [-0.39, 0.29) is 6.42 Å². The van der Waals surface area contributed by atoms with Crippen molar-refractivity contribution in [2.24, 2.45) is 0 Å². The standard InChI is InChI=1S/C13H16N4O3/c18-13(19)7-4-9-17-12(14-15-16-17)8-10-20-11-5-2-1-3-6-11/h1-3,5-6H,4,7-10H2,(H,18,19). The second-order valence-corrected chi connectivity index (χ2v) is 4.23. The van der Waals surface area contributed by atoms with Gasteiger partial charge < -0.3 is 9.84 Å². The van der Waals surface area contributed by atoms with Gasteiger partial charge in [0.25, 0.3) is 0 Å². The van der Waals surface area contributed by atoms with Gasteiger partial charge in [-0.25, -0.2) is 4.68 Å². The molecular weight excluding hydrogens is 260 g/mol. The fourth-order valence-corrected chi connectivity index (χ4v) is 1.73. The van der Waals surface area contributed by atoms with Gasteiger partial charge in [-0.3, -0.25) is 4.79 Å². The highest BCUT2D eigenvalue weighted by Gasteiger charge is 2.07. The molecule has 1 N–H and O–H groups in total. The van der Waals surface area contributed by atoms with Gasteiger partial charge in [0.05, 0.1) is 6.61 Å². The number of carboxylic acids is 1. The zero-order valence-corrected chi connectivity index (χ0v) is 11.0. The molecule has 1 aromatic carbocycles. The number of benzene rings is 1. The number of tetrazole rings is 1. The number of aromatic nitrogens is 4. The van der Waals surface area contributed by atoms with Crippen molar-refractivity contribution < 1.29 is 14.6 Å². The Labute approximate surface area is 116 Å². The number of carboxylic acid groups (broad SMARTS) is 1. The van der Waals surface area contributed by atoms with Gasteiger partial charge in [0.2, 0.25) is 0 Å². The maximum Gasteiger partial charge on any atom is 0.303 e. The number of nitrogens with zero attached hydrogens (tertiary/aromatic N) is 4. The fraction of sp³-hybridized carbons (Fsp3) is 0.385. The lowest BCUT2D eigenvalue weighted by Crippen LogP contribution is -2.11. The van der Waals surface area contributed by atoms with Crippen LogP contribution in [0.25, 0.3) is 0 Å². The van der Waals surface area contributed by atoms with Crippen LogP contribution >= 0.6 is 0 Å². The molecule has 0 amide bonds. The van der Waals surface area contributed by atoms with Gasteiger partial charge in [0.15, 0.2) is 5.82 Å². The Morgan fingerprint density at radius 2 is 2.10 bits per heavy atom. The van der Waals surface area contributed by atoms with Crippen molar-refractivity contribution in [2.45, 2.75) is 25.8 Å². The molecule has 1 heterocycles. The lowest BCUT2D eigenvalue weighted by atomic mass is 10.3. The van der Waals surface area contributed by atoms with Crippen molar-refractivity contribution in [3.8, 4) is 5.75 Å². The Bertz CT molecular complexity index is 542. The smallest absolute Gasteiger partial charge is 0.303 e. The minimum atomic E-state index is -0.813. The molecule has 0 bridgehead atoms. The van der Waals surface area contributed by atoms with E-state index in [0.717, 1.165) is 5.75 Å². The zero-order chi connectivity index (χ0) is 14.2. The summed E-state index contributed by atoms with van der Waals surface area (Å²) in [5.41, 5.74) is 0. The summed E-state index contributed by atoms with van der Waals surface area (Å²) < 4.78 is 7.20. The van der Waals surface area contributed by atoms with Crippen LogP contribution in [0.2, 0.25) is 0 Å². The van der Waals surface area contributed by atoms with Gasteiger partial charge in [-0.15, -0.1) is 5.10 Å². The quantitative estimate of drug-likeness (QED) is 0.778. The normalized spacial score (nSPS) is 10.4. The molecule has 0 aliphatic rings. The summed E-state index contributed by atoms with van der Waals surface area (Å²) >= 11 is 0. The van der Waals surface area contributed by atoms with E-state index in [2.05, 4.69) is 15.5 Å². The predicted octanol–water partition coefficient (Wildman–Crippen LogP) is 1.16. The molecule has 106 valence electrons. The largest absolute Gasteiger partial charge is 0.493 e. The van der Waals surface area contributed by atoms with Crippen LogP contribution in [-0.4, -0.2) is 37.9 Å². The minimum absolute atomic E-state index is 0.111. The van der Waals surface area contributed by atoms with E-state index in [4.69, 9.17) is 9.84 Å². The highest BCUT2D eigenvalue weighted by molar-refractivity contribution is 5.66. The monoisotopic (exact) mass is 276 g/mol. The Kier molecular flexibility index (Phi) is 5.05. The van der Waals surface area contributed by atoms with E-state index >= 15 is 0 Å². The third-order valence-electron chi connectivity index (χ3n) is 2.70. The van der Waals surface area contributed by atoms with Crippen molar-refractivity contribution >= 4 is 5.97 Å². The molecule has 0 aliphatic heterocycles. The number of aryl methyl sites for hydroxylation is 1. The van der Waals surface area contributed by atoms with Gasteiger partial charge in [-0.2, -0.15) is 0 Å². The Morgan fingerprint density at radius 3 is 2.85 bits per heavy atom. The molecule has 7 heteroatoms. The van der Waals surface area contributed by atoms with Crippen LogP contribution in [0.15, 0.2) is 30.3 Å². The van der Waals surface area contributed by atoms with Crippen LogP contribution in [0.3, 0.4) is 0 Å². The topological polar surface area (TPSA) is 90.1 Å². The molecule has 0 atom stereocenters. The molecule has 0 spiro atoms. The van der Waals surface area contributed by atoms with Gasteiger partial charge >= 0.3 is 5.97 Å². The molecule has 0 fully saturated rings. The van der Waals surface area contributed by atoms with Crippen molar-refractivity contribution in [2.75, 3.05) is 6.61 Å². The number of aliphatic carboxylic acids is 1. The van der Waals surface area contributed by atoms with Crippen molar-refractivity contribution in [1.82, 2.24) is 20.2 Å². The van der Waals surface area contributed by atoms with Gasteiger partial charge in [0.1, 0.15) is 5.75 Å². The van der Waals surface area contributed by atoms with Crippen LogP contribution < -0.4 is 4.74 Å². The van der Waals surface area contributed by atoms with Crippen molar-refractivity contribution in [3.05, 3.63) is 36.2 Å². The number of hydrogen-bond acceptors (Lipinski definition) is 5. The van der Waals surface area contributed by atoms with E-state index in [0.29, 0.717) is 31.8 Å². The van der Waals surface area contributed by atoms with E-state index in [1.807, 2.05) is 30.3 Å². The van der Waals surface area contributed by atoms with Crippen LogP contribution in [0, 0.1) is 0 Å². The summed E-state index contributed by atoms with van der Waals surface area (Å²) in [6, 6.07) is 9.51. The lowest BCUT2D eigenvalue weighted by Gasteiger charge is -2.06. The third-order valence-corrected chi connectivity index (χ3v) is 2.70. The number of carbonyl (C=O) groups is 1. The molecule has 7 nitrogen and oxygen atoms in total. The summed E-state index contributed by atoms with van der Waals surface area (Å²) in [5, 5.41) is 20.0. The van der Waals surface area contributed by atoms with Crippen molar-refractivity contribution in [3.63, 3.8) is 0 Å². The first kappa shape index (κ1) is 14.0. The van der Waals surface area contributed by atoms with Crippen LogP contribution in [-0.2, 0) is 17.8 Å². The molecule has 20 heavy (non-hydrogen) atoms. The first-order valence-electron chi connectivity index (χ1n) is 6.40. The predicted molar refractivity (Wildman–Crippen MR) is 70.3 cm³/mol. The minimum Gasteiger partial charge on any atom is -0.493 e. The maximum absolute atomic E-state index is 10.5. The van der Waals surface area contributed by atoms with E-state index in [1.165, 1.54) is 0 Å². The van der Waals surface area contributed by atoms with Gasteiger partial charge in [-0.05, 0) is 29.0 Å². The van der Waals surface area contributed by atoms with Gasteiger partial charge in [0, 0.05) is 19.4 Å². The summed E-state index contributed by atoms with van der Waals surface area (Å²) in [4.78, 5) is 10.5. The first-order valence-corrected chi connectivity index (χ1v) is 6.40. The number of ether oxygens (including phenoxy) is 1. The van der Waals surface area contributed by atoms with Crippen LogP contribution in [0.5, 0.6) is 5.75 Å². The highest BCUT2D eigenvalue weighted by atomic mass is 16.5. The summed E-state index contributed by atoms with van der Waals surface area (Å²) in [5.74, 6) is 0.691. The Morgan fingerprint density at radius 1 is 1.30 bits per heavy atom.